The summed E-state index contributed by atoms with van der Waals surface area (Å²) in [4.78, 5) is 26.7. The number of furan rings is 1. The quantitative estimate of drug-likeness (QED) is 0.878. The lowest BCUT2D eigenvalue weighted by atomic mass is 9.90. The molecule has 1 aromatic heterocycles. The Morgan fingerprint density at radius 3 is 2.46 bits per heavy atom. The highest BCUT2D eigenvalue weighted by molar-refractivity contribution is 6.21. The monoisotopic (exact) mass is 324 g/mol. The topological polar surface area (TPSA) is 62.6 Å². The first-order valence-electron chi connectivity index (χ1n) is 8.46. The highest BCUT2D eigenvalue weighted by atomic mass is 16.3. The van der Waals surface area contributed by atoms with Gasteiger partial charge >= 0.3 is 0 Å². The second kappa shape index (κ2) is 6.24. The zero-order valence-electron chi connectivity index (χ0n) is 13.4. The van der Waals surface area contributed by atoms with Crippen LogP contribution in [0.4, 0.5) is 0 Å². The van der Waals surface area contributed by atoms with Crippen LogP contribution in [0.3, 0.4) is 0 Å². The Bertz CT molecular complexity index is 719. The van der Waals surface area contributed by atoms with Crippen molar-refractivity contribution >= 4 is 11.8 Å². The number of hydrogen-bond donors (Lipinski definition) is 1. The maximum atomic E-state index is 12.6. The molecule has 1 fully saturated rings. The van der Waals surface area contributed by atoms with Crippen molar-refractivity contribution in [2.24, 2.45) is 0 Å². The van der Waals surface area contributed by atoms with Crippen molar-refractivity contribution in [1.29, 1.82) is 0 Å². The molecule has 1 saturated carbocycles. The normalized spacial score (nSPS) is 23.6. The molecule has 2 unspecified atom stereocenters. The zero-order valence-corrected chi connectivity index (χ0v) is 13.4. The van der Waals surface area contributed by atoms with Crippen LogP contribution in [-0.4, -0.2) is 28.8 Å². The van der Waals surface area contributed by atoms with Crippen molar-refractivity contribution in [3.05, 3.63) is 59.5 Å². The fraction of sp³-hybridized carbons (Fsp3) is 0.368. The summed E-state index contributed by atoms with van der Waals surface area (Å²) in [6, 6.07) is 11.2. The van der Waals surface area contributed by atoms with Gasteiger partial charge in [-0.25, -0.2) is 0 Å². The molecular formula is C19H20N2O3. The second-order valence-electron chi connectivity index (χ2n) is 6.50. The maximum Gasteiger partial charge on any atom is 0.261 e. The maximum absolute atomic E-state index is 12.6. The van der Waals surface area contributed by atoms with E-state index >= 15 is 0 Å². The summed E-state index contributed by atoms with van der Waals surface area (Å²) in [6.07, 6.45) is 5.41. The van der Waals surface area contributed by atoms with Gasteiger partial charge in [0.15, 0.2) is 0 Å². The fourth-order valence-corrected chi connectivity index (χ4v) is 3.78. The summed E-state index contributed by atoms with van der Waals surface area (Å²) in [6.45, 7) is 0.673. The van der Waals surface area contributed by atoms with Crippen molar-refractivity contribution in [3.63, 3.8) is 0 Å². The summed E-state index contributed by atoms with van der Waals surface area (Å²) >= 11 is 0. The molecule has 124 valence electrons. The van der Waals surface area contributed by atoms with Crippen molar-refractivity contribution in [1.82, 2.24) is 10.2 Å². The number of nitrogens with one attached hydrogen (secondary N) is 1. The average molecular weight is 324 g/mol. The Morgan fingerprint density at radius 1 is 1.04 bits per heavy atom. The number of amides is 2. The molecule has 24 heavy (non-hydrogen) atoms. The highest BCUT2D eigenvalue weighted by Gasteiger charge is 2.41. The SMILES string of the molecule is O=C1c2ccccc2C(=O)N1C1CCCC(NCc2ccco2)C1. The van der Waals surface area contributed by atoms with Crippen molar-refractivity contribution < 1.29 is 14.0 Å². The smallest absolute Gasteiger partial charge is 0.261 e. The van der Waals surface area contributed by atoms with E-state index in [9.17, 15) is 9.59 Å². The first-order chi connectivity index (χ1) is 11.7. The molecular weight excluding hydrogens is 304 g/mol. The van der Waals surface area contributed by atoms with Gasteiger partial charge in [0.1, 0.15) is 5.76 Å². The van der Waals surface area contributed by atoms with Gasteiger partial charge < -0.3 is 9.73 Å². The molecule has 1 aliphatic carbocycles. The Labute approximate surface area is 140 Å². The minimum absolute atomic E-state index is 0.0275. The molecule has 1 aliphatic heterocycles. The summed E-state index contributed by atoms with van der Waals surface area (Å²) in [5.74, 6) is 0.609. The fourth-order valence-electron chi connectivity index (χ4n) is 3.78. The van der Waals surface area contributed by atoms with Crippen LogP contribution in [0, 0.1) is 0 Å². The summed E-state index contributed by atoms with van der Waals surface area (Å²) in [5.41, 5.74) is 1.07. The molecule has 1 N–H and O–H groups in total. The van der Waals surface area contributed by atoms with Gasteiger partial charge in [0.2, 0.25) is 0 Å². The summed E-state index contributed by atoms with van der Waals surface area (Å²) < 4.78 is 5.35. The van der Waals surface area contributed by atoms with Gasteiger partial charge in [0.05, 0.1) is 23.9 Å². The third kappa shape index (κ3) is 2.65. The van der Waals surface area contributed by atoms with Crippen LogP contribution in [0.25, 0.3) is 0 Å². The molecule has 2 aromatic rings. The van der Waals surface area contributed by atoms with E-state index in [0.717, 1.165) is 31.4 Å². The summed E-state index contributed by atoms with van der Waals surface area (Å²) in [5, 5.41) is 3.49. The first kappa shape index (κ1) is 15.1. The average Bonchev–Trinajstić information content (AvgIpc) is 3.21. The van der Waals surface area contributed by atoms with Crippen LogP contribution in [0.15, 0.2) is 47.1 Å². The van der Waals surface area contributed by atoms with Crippen molar-refractivity contribution in [2.75, 3.05) is 0 Å². The van der Waals surface area contributed by atoms with Crippen LogP contribution in [0.5, 0.6) is 0 Å². The van der Waals surface area contributed by atoms with Crippen LogP contribution >= 0.6 is 0 Å². The van der Waals surface area contributed by atoms with E-state index in [1.54, 1.807) is 18.4 Å². The third-order valence-electron chi connectivity index (χ3n) is 4.98. The second-order valence-corrected chi connectivity index (χ2v) is 6.50. The number of hydrogen-bond acceptors (Lipinski definition) is 4. The van der Waals surface area contributed by atoms with E-state index in [1.807, 2.05) is 24.3 Å². The molecule has 2 atom stereocenters. The van der Waals surface area contributed by atoms with E-state index < -0.39 is 0 Å². The van der Waals surface area contributed by atoms with Gasteiger partial charge in [0.25, 0.3) is 11.8 Å². The number of rotatable bonds is 4. The lowest BCUT2D eigenvalue weighted by Gasteiger charge is -2.34. The minimum atomic E-state index is -0.146. The third-order valence-corrected chi connectivity index (χ3v) is 4.98. The Kier molecular flexibility index (Phi) is 3.94. The van der Waals surface area contributed by atoms with Gasteiger partial charge in [0, 0.05) is 12.1 Å². The molecule has 0 spiro atoms. The minimum Gasteiger partial charge on any atom is -0.468 e. The number of benzene rings is 1. The van der Waals surface area contributed by atoms with Gasteiger partial charge in [-0.1, -0.05) is 12.1 Å². The molecule has 4 rings (SSSR count). The van der Waals surface area contributed by atoms with Crippen LogP contribution < -0.4 is 5.32 Å². The Hall–Kier alpha value is -2.40. The van der Waals surface area contributed by atoms with Gasteiger partial charge in [-0.3, -0.25) is 14.5 Å². The van der Waals surface area contributed by atoms with E-state index in [1.165, 1.54) is 4.90 Å². The predicted octanol–water partition coefficient (Wildman–Crippen LogP) is 2.98. The van der Waals surface area contributed by atoms with E-state index in [2.05, 4.69) is 5.32 Å². The molecule has 2 amide bonds. The standard InChI is InChI=1S/C19H20N2O3/c22-18-16-8-1-2-9-17(16)19(23)21(18)14-6-3-5-13(11-14)20-12-15-7-4-10-24-15/h1-2,4,7-10,13-14,20H,3,5-6,11-12H2. The van der Waals surface area contributed by atoms with E-state index in [0.29, 0.717) is 17.7 Å². The molecule has 1 aromatic carbocycles. The number of imide groups is 1. The zero-order chi connectivity index (χ0) is 16.5. The van der Waals surface area contributed by atoms with E-state index in [-0.39, 0.29) is 23.9 Å². The molecule has 5 nitrogen and oxygen atoms in total. The molecule has 5 heteroatoms. The van der Waals surface area contributed by atoms with Crippen molar-refractivity contribution in [2.45, 2.75) is 44.3 Å². The molecule has 2 heterocycles. The van der Waals surface area contributed by atoms with Gasteiger partial charge in [-0.05, 0) is 49.9 Å². The van der Waals surface area contributed by atoms with Crippen LogP contribution in [0.1, 0.15) is 52.2 Å². The largest absolute Gasteiger partial charge is 0.468 e. The van der Waals surface area contributed by atoms with E-state index in [4.69, 9.17) is 4.42 Å². The lowest BCUT2D eigenvalue weighted by Crippen LogP contribution is -2.46. The Balaban J connectivity index is 1.45. The Morgan fingerprint density at radius 2 is 1.79 bits per heavy atom. The molecule has 2 aliphatic rings. The number of carbonyl (C=O) groups is 2. The van der Waals surface area contributed by atoms with Crippen LogP contribution in [-0.2, 0) is 6.54 Å². The number of carbonyl (C=O) groups excluding carboxylic acids is 2. The molecule has 0 saturated heterocycles. The lowest BCUT2D eigenvalue weighted by molar-refractivity contribution is 0.0533. The summed E-state index contributed by atoms with van der Waals surface area (Å²) in [7, 11) is 0. The predicted molar refractivity (Wildman–Crippen MR) is 88.5 cm³/mol. The van der Waals surface area contributed by atoms with Gasteiger partial charge in [-0.15, -0.1) is 0 Å². The molecule has 0 bridgehead atoms. The van der Waals surface area contributed by atoms with Gasteiger partial charge in [-0.2, -0.15) is 0 Å². The number of nitrogens with zero attached hydrogens (tertiary/aromatic N) is 1. The number of fused-ring (bicyclic) bond motifs is 1. The van der Waals surface area contributed by atoms with Crippen molar-refractivity contribution in [3.8, 4) is 0 Å². The van der Waals surface area contributed by atoms with Crippen LogP contribution in [0.2, 0.25) is 0 Å². The molecule has 0 radical (unpaired) electrons. The highest BCUT2D eigenvalue weighted by Crippen LogP contribution is 2.31. The first-order valence-corrected chi connectivity index (χ1v) is 8.46.